The van der Waals surface area contributed by atoms with Crippen LogP contribution in [0.2, 0.25) is 0 Å². The number of carbonyl (C=O) groups is 3. The molecule has 6 heteroatoms. The lowest BCUT2D eigenvalue weighted by atomic mass is 10.1. The van der Waals surface area contributed by atoms with E-state index >= 15 is 0 Å². The Balaban J connectivity index is 1.94. The van der Waals surface area contributed by atoms with E-state index in [-0.39, 0.29) is 29.9 Å². The quantitative estimate of drug-likeness (QED) is 0.586. The van der Waals surface area contributed by atoms with Gasteiger partial charge in [-0.15, -0.1) is 11.8 Å². The normalized spacial score (nSPS) is 29.6. The van der Waals surface area contributed by atoms with E-state index in [0.717, 1.165) is 12.8 Å². The molecule has 0 bridgehead atoms. The van der Waals surface area contributed by atoms with Crippen LogP contribution in [0.25, 0.3) is 0 Å². The number of rotatable bonds is 2. The van der Waals surface area contributed by atoms with Crippen molar-refractivity contribution >= 4 is 45.8 Å². The molecule has 1 saturated carbocycles. The summed E-state index contributed by atoms with van der Waals surface area (Å²) in [4.78, 5) is 33.8. The number of carbonyl (C=O) groups excluding carboxylic acids is 3. The molecule has 1 N–H and O–H groups in total. The third kappa shape index (κ3) is 2.32. The highest BCUT2D eigenvalue weighted by atomic mass is 32.2. The number of hydrogen-bond donors (Lipinski definition) is 1. The Morgan fingerprint density at radius 3 is 2.62 bits per heavy atom. The lowest BCUT2D eigenvalue weighted by Gasteiger charge is -2.11. The van der Waals surface area contributed by atoms with Crippen LogP contribution < -0.4 is 5.32 Å². The van der Waals surface area contributed by atoms with Gasteiger partial charge in [0.2, 0.25) is 11.8 Å². The first-order valence-corrected chi connectivity index (χ1v) is 6.43. The summed E-state index contributed by atoms with van der Waals surface area (Å²) in [5, 5.41) is 1.79. The molecule has 86 valence electrons. The van der Waals surface area contributed by atoms with Crippen molar-refractivity contribution in [3.63, 3.8) is 0 Å². The second kappa shape index (κ2) is 4.63. The van der Waals surface area contributed by atoms with Crippen LogP contribution in [-0.2, 0) is 14.4 Å². The van der Waals surface area contributed by atoms with Gasteiger partial charge in [-0.2, -0.15) is 0 Å². The summed E-state index contributed by atoms with van der Waals surface area (Å²) in [5.41, 5.74) is 0. The average molecular weight is 257 g/mol. The van der Waals surface area contributed by atoms with Crippen molar-refractivity contribution < 1.29 is 14.4 Å². The number of thiocarbonyl (C=S) groups is 1. The molecule has 2 amide bonds. The minimum atomic E-state index is -0.437. The lowest BCUT2D eigenvalue weighted by Crippen LogP contribution is -2.25. The topological polar surface area (TPSA) is 63.2 Å². The monoisotopic (exact) mass is 257 g/mol. The first kappa shape index (κ1) is 11.7. The van der Waals surface area contributed by atoms with E-state index in [2.05, 4.69) is 5.32 Å². The van der Waals surface area contributed by atoms with Crippen LogP contribution in [0.3, 0.4) is 0 Å². The lowest BCUT2D eigenvalue weighted by molar-refractivity contribution is -0.124. The number of hydrogen-bond acceptors (Lipinski definition) is 5. The summed E-state index contributed by atoms with van der Waals surface area (Å²) >= 11 is 6.37. The van der Waals surface area contributed by atoms with Crippen molar-refractivity contribution in [3.8, 4) is 0 Å². The number of amides is 2. The molecule has 0 radical (unpaired) electrons. The standard InChI is InChI=1S/C10H11NO3S2/c12-6-3-1-2-5(6)10(15)16-7-4-8(13)11-9(7)14/h5,7H,1-4H2,(H,11,13,14)/t5-,7-/m0/s1. The highest BCUT2D eigenvalue weighted by Crippen LogP contribution is 2.31. The molecule has 1 heterocycles. The Bertz CT molecular complexity index is 380. The van der Waals surface area contributed by atoms with E-state index in [0.29, 0.717) is 10.6 Å². The molecular weight excluding hydrogens is 246 g/mol. The number of ketones is 1. The van der Waals surface area contributed by atoms with E-state index < -0.39 is 5.25 Å². The molecule has 2 fully saturated rings. The zero-order valence-electron chi connectivity index (χ0n) is 8.52. The fraction of sp³-hybridized carbons (Fsp3) is 0.600. The van der Waals surface area contributed by atoms with Crippen molar-refractivity contribution in [2.24, 2.45) is 5.92 Å². The molecule has 1 aliphatic heterocycles. The van der Waals surface area contributed by atoms with Crippen LogP contribution in [0.1, 0.15) is 25.7 Å². The van der Waals surface area contributed by atoms with Gasteiger partial charge < -0.3 is 0 Å². The largest absolute Gasteiger partial charge is 0.299 e. The molecule has 4 nitrogen and oxygen atoms in total. The van der Waals surface area contributed by atoms with Gasteiger partial charge in [0.25, 0.3) is 0 Å². The summed E-state index contributed by atoms with van der Waals surface area (Å²) in [6.45, 7) is 0. The summed E-state index contributed by atoms with van der Waals surface area (Å²) in [6, 6.07) is 0. The first-order valence-electron chi connectivity index (χ1n) is 5.15. The van der Waals surface area contributed by atoms with Gasteiger partial charge in [0.15, 0.2) is 0 Å². The van der Waals surface area contributed by atoms with E-state index in [1.54, 1.807) is 0 Å². The fourth-order valence-electron chi connectivity index (χ4n) is 1.91. The first-order chi connectivity index (χ1) is 7.58. The smallest absolute Gasteiger partial charge is 0.240 e. The minimum absolute atomic E-state index is 0.169. The van der Waals surface area contributed by atoms with Crippen LogP contribution in [-0.4, -0.2) is 27.0 Å². The predicted octanol–water partition coefficient (Wildman–Crippen LogP) is 0.831. The molecule has 2 aliphatic rings. The molecule has 1 aliphatic carbocycles. The van der Waals surface area contributed by atoms with Crippen molar-refractivity contribution in [2.75, 3.05) is 0 Å². The van der Waals surface area contributed by atoms with E-state index in [4.69, 9.17) is 12.2 Å². The molecule has 0 spiro atoms. The molecule has 0 unspecified atom stereocenters. The van der Waals surface area contributed by atoms with E-state index in [1.807, 2.05) is 0 Å². The van der Waals surface area contributed by atoms with Crippen LogP contribution >= 0.6 is 24.0 Å². The molecule has 16 heavy (non-hydrogen) atoms. The summed E-state index contributed by atoms with van der Waals surface area (Å²) in [5.74, 6) is -0.573. The van der Waals surface area contributed by atoms with Crippen LogP contribution in [0.4, 0.5) is 0 Å². The molecule has 2 rings (SSSR count). The molecule has 0 aromatic rings. The third-order valence-electron chi connectivity index (χ3n) is 2.77. The summed E-state index contributed by atoms with van der Waals surface area (Å²) < 4.78 is 0.567. The van der Waals surface area contributed by atoms with Crippen molar-refractivity contribution in [1.29, 1.82) is 0 Å². The Morgan fingerprint density at radius 2 is 2.12 bits per heavy atom. The fourth-order valence-corrected chi connectivity index (χ4v) is 3.60. The number of Topliss-reactive ketones (excluding diaryl/α,β-unsaturated/α-hetero) is 1. The maximum absolute atomic E-state index is 11.5. The average Bonchev–Trinajstić information content (AvgIpc) is 2.74. The number of nitrogens with one attached hydrogen (secondary N) is 1. The van der Waals surface area contributed by atoms with Crippen LogP contribution in [0.15, 0.2) is 0 Å². The van der Waals surface area contributed by atoms with Gasteiger partial charge in [-0.1, -0.05) is 12.2 Å². The van der Waals surface area contributed by atoms with Gasteiger partial charge in [-0.3, -0.25) is 19.7 Å². The Labute approximate surface area is 103 Å². The SMILES string of the molecule is O=C1C[C@H](SC(=S)[C@H]2CCCC2=O)C(=O)N1. The minimum Gasteiger partial charge on any atom is -0.299 e. The van der Waals surface area contributed by atoms with Crippen molar-refractivity contribution in [1.82, 2.24) is 5.32 Å². The van der Waals surface area contributed by atoms with Gasteiger partial charge in [-0.25, -0.2) is 0 Å². The van der Waals surface area contributed by atoms with Crippen molar-refractivity contribution in [2.45, 2.75) is 30.9 Å². The van der Waals surface area contributed by atoms with E-state index in [9.17, 15) is 14.4 Å². The summed E-state index contributed by atoms with van der Waals surface area (Å²) in [6.07, 6.45) is 2.42. The van der Waals surface area contributed by atoms with Gasteiger partial charge in [0, 0.05) is 12.8 Å². The van der Waals surface area contributed by atoms with Gasteiger partial charge in [0.1, 0.15) is 5.78 Å². The van der Waals surface area contributed by atoms with Gasteiger partial charge in [0.05, 0.1) is 15.4 Å². The van der Waals surface area contributed by atoms with E-state index in [1.165, 1.54) is 11.8 Å². The Hall–Kier alpha value is -0.750. The molecule has 0 aromatic heterocycles. The highest BCUT2D eigenvalue weighted by molar-refractivity contribution is 8.24. The van der Waals surface area contributed by atoms with Crippen LogP contribution in [0.5, 0.6) is 0 Å². The van der Waals surface area contributed by atoms with Crippen molar-refractivity contribution in [3.05, 3.63) is 0 Å². The zero-order valence-corrected chi connectivity index (χ0v) is 10.2. The predicted molar refractivity (Wildman–Crippen MR) is 64.1 cm³/mol. The molecule has 1 saturated heterocycles. The Morgan fingerprint density at radius 1 is 1.38 bits per heavy atom. The third-order valence-corrected chi connectivity index (χ3v) is 4.53. The zero-order chi connectivity index (χ0) is 11.7. The van der Waals surface area contributed by atoms with Gasteiger partial charge in [-0.05, 0) is 12.8 Å². The highest BCUT2D eigenvalue weighted by Gasteiger charge is 2.35. The second-order valence-corrected chi connectivity index (χ2v) is 5.90. The number of thioether (sulfide) groups is 1. The summed E-state index contributed by atoms with van der Waals surface area (Å²) in [7, 11) is 0. The second-order valence-electron chi connectivity index (χ2n) is 3.95. The molecule has 2 atom stereocenters. The maximum Gasteiger partial charge on any atom is 0.240 e. The number of imide groups is 1. The maximum atomic E-state index is 11.5. The molecule has 0 aromatic carbocycles. The van der Waals surface area contributed by atoms with Gasteiger partial charge >= 0.3 is 0 Å². The Kier molecular flexibility index (Phi) is 3.39. The van der Waals surface area contributed by atoms with Crippen LogP contribution in [0, 0.1) is 5.92 Å². The molecular formula is C10H11NO3S2.